The van der Waals surface area contributed by atoms with Crippen LogP contribution in [0.25, 0.3) is 0 Å². The maximum Gasteiger partial charge on any atom is 0.522 e. The minimum Gasteiger partial charge on any atom is -0.383 e. The summed E-state index contributed by atoms with van der Waals surface area (Å²) in [5.41, 5.74) is -0.129. The van der Waals surface area contributed by atoms with Crippen molar-refractivity contribution in [2.45, 2.75) is 83.5 Å². The van der Waals surface area contributed by atoms with E-state index in [1.807, 2.05) is 6.92 Å². The van der Waals surface area contributed by atoms with Gasteiger partial charge < -0.3 is 15.7 Å². The Kier molecular flexibility index (Phi) is 7.73. The van der Waals surface area contributed by atoms with Gasteiger partial charge in [-0.2, -0.15) is 0 Å². The van der Waals surface area contributed by atoms with Gasteiger partial charge in [-0.25, -0.2) is 0 Å². The summed E-state index contributed by atoms with van der Waals surface area (Å²) in [4.78, 5) is 52.4. The zero-order valence-corrected chi connectivity index (χ0v) is 19.5. The number of alkyl halides is 3. The molecule has 3 rings (SSSR count). The van der Waals surface area contributed by atoms with Crippen molar-refractivity contribution in [2.24, 2.45) is 17.3 Å². The fourth-order valence-corrected chi connectivity index (χ4v) is 4.88. The molecule has 2 saturated heterocycles. The van der Waals surface area contributed by atoms with Gasteiger partial charge in [0.05, 0.1) is 6.04 Å². The number of hydrogen-bond donors (Lipinski definition) is 3. The molecule has 0 aromatic rings. The summed E-state index contributed by atoms with van der Waals surface area (Å²) < 4.78 is 41.6. The molecule has 3 fully saturated rings. The van der Waals surface area contributed by atoms with Crippen LogP contribution in [0, 0.1) is 17.3 Å². The quantitative estimate of drug-likeness (QED) is 0.415. The normalized spacial score (nSPS) is 30.0. The molecule has 34 heavy (non-hydrogen) atoms. The number of carbonyl (C=O) groups is 4. The lowest BCUT2D eigenvalue weighted by Gasteiger charge is -2.34. The number of nitrogens with zero attached hydrogens (tertiary/aromatic N) is 1. The molecule has 3 aliphatic rings. The Hall–Kier alpha value is -2.05. The molecule has 0 spiro atoms. The SMILES string of the molecule is CC(C)CC(O)C(=O)N(C(=O)[C@@H]1C[C@@]2(C)C[C@H]2N1)C(C[C@@H]1CCNC1=O)C(=O)COC(F)(F)F. The van der Waals surface area contributed by atoms with Crippen LogP contribution in [-0.4, -0.2) is 77.3 Å². The van der Waals surface area contributed by atoms with E-state index in [9.17, 15) is 37.5 Å². The highest BCUT2D eigenvalue weighted by atomic mass is 19.4. The number of aliphatic hydroxyl groups is 1. The van der Waals surface area contributed by atoms with Gasteiger partial charge in [-0.3, -0.25) is 28.8 Å². The summed E-state index contributed by atoms with van der Waals surface area (Å²) in [6.07, 6.45) is -5.53. The molecule has 0 bridgehead atoms. The number of halogens is 3. The molecule has 1 aliphatic carbocycles. The molecule has 9 nitrogen and oxygen atoms in total. The number of hydrogen-bond acceptors (Lipinski definition) is 7. The molecule has 0 radical (unpaired) electrons. The zero-order valence-electron chi connectivity index (χ0n) is 19.5. The molecular weight excluding hydrogens is 459 g/mol. The number of carbonyl (C=O) groups excluding carboxylic acids is 4. The van der Waals surface area contributed by atoms with Gasteiger partial charge in [0.1, 0.15) is 18.8 Å². The van der Waals surface area contributed by atoms with Gasteiger partial charge in [0.25, 0.3) is 5.91 Å². The van der Waals surface area contributed by atoms with Gasteiger partial charge in [-0.15, -0.1) is 13.2 Å². The van der Waals surface area contributed by atoms with E-state index >= 15 is 0 Å². The fourth-order valence-electron chi connectivity index (χ4n) is 4.88. The Balaban J connectivity index is 1.91. The van der Waals surface area contributed by atoms with Crippen molar-refractivity contribution < 1.29 is 42.2 Å². The number of rotatable bonds is 10. The maximum atomic E-state index is 13.5. The number of Topliss-reactive ketones (excluding diaryl/α,β-unsaturated/α-hetero) is 1. The molecular formula is C22H32F3N3O6. The summed E-state index contributed by atoms with van der Waals surface area (Å²) in [6.45, 7) is 4.36. The van der Waals surface area contributed by atoms with Crippen LogP contribution in [0.2, 0.25) is 0 Å². The van der Waals surface area contributed by atoms with E-state index < -0.39 is 60.6 Å². The van der Waals surface area contributed by atoms with Gasteiger partial charge in [0.2, 0.25) is 11.8 Å². The molecule has 3 N–H and O–H groups in total. The van der Waals surface area contributed by atoms with Gasteiger partial charge >= 0.3 is 6.36 Å². The maximum absolute atomic E-state index is 13.5. The lowest BCUT2D eigenvalue weighted by atomic mass is 9.92. The van der Waals surface area contributed by atoms with Crippen molar-refractivity contribution in [1.29, 1.82) is 0 Å². The second kappa shape index (κ2) is 9.90. The van der Waals surface area contributed by atoms with Crippen molar-refractivity contribution in [1.82, 2.24) is 15.5 Å². The van der Waals surface area contributed by atoms with Crippen LogP contribution in [-0.2, 0) is 23.9 Å². The first-order chi connectivity index (χ1) is 15.7. The zero-order chi connectivity index (χ0) is 25.4. The highest BCUT2D eigenvalue weighted by Gasteiger charge is 2.59. The molecule has 6 atom stereocenters. The number of fused-ring (bicyclic) bond motifs is 1. The predicted octanol–water partition coefficient (Wildman–Crippen LogP) is 0.889. The molecule has 0 aromatic heterocycles. The molecule has 12 heteroatoms. The largest absolute Gasteiger partial charge is 0.522 e. The van der Waals surface area contributed by atoms with Gasteiger partial charge in [0, 0.05) is 18.5 Å². The first kappa shape index (κ1) is 26.6. The molecule has 1 saturated carbocycles. The molecule has 2 heterocycles. The minimum atomic E-state index is -5.09. The summed E-state index contributed by atoms with van der Waals surface area (Å²) in [7, 11) is 0. The minimum absolute atomic E-state index is 0.00900. The lowest BCUT2D eigenvalue weighted by Crippen LogP contribution is -2.58. The van der Waals surface area contributed by atoms with Crippen molar-refractivity contribution in [3.63, 3.8) is 0 Å². The summed E-state index contributed by atoms with van der Waals surface area (Å²) in [5.74, 6) is -4.32. The van der Waals surface area contributed by atoms with E-state index in [0.717, 1.165) is 6.42 Å². The number of amides is 3. The Morgan fingerprint density at radius 2 is 1.94 bits per heavy atom. The summed E-state index contributed by atoms with van der Waals surface area (Å²) in [6, 6.07) is -2.43. The second-order valence-corrected chi connectivity index (χ2v) is 10.3. The van der Waals surface area contributed by atoms with E-state index in [2.05, 4.69) is 15.4 Å². The number of nitrogens with one attached hydrogen (secondary N) is 2. The Morgan fingerprint density at radius 3 is 2.44 bits per heavy atom. The van der Waals surface area contributed by atoms with Crippen molar-refractivity contribution in [2.75, 3.05) is 13.2 Å². The van der Waals surface area contributed by atoms with Crippen LogP contribution < -0.4 is 10.6 Å². The van der Waals surface area contributed by atoms with E-state index in [1.165, 1.54) is 0 Å². The first-order valence-electron chi connectivity index (χ1n) is 11.5. The fraction of sp³-hybridized carbons (Fsp3) is 0.818. The van der Waals surface area contributed by atoms with E-state index in [4.69, 9.17) is 0 Å². The van der Waals surface area contributed by atoms with E-state index in [-0.39, 0.29) is 30.2 Å². The monoisotopic (exact) mass is 491 g/mol. The number of ether oxygens (including phenoxy) is 1. The number of aliphatic hydroxyl groups excluding tert-OH is 1. The van der Waals surface area contributed by atoms with Gasteiger partial charge in [-0.1, -0.05) is 20.8 Å². The Labute approximate surface area is 195 Å². The van der Waals surface area contributed by atoms with Crippen molar-refractivity contribution in [3.8, 4) is 0 Å². The molecule has 3 amide bonds. The van der Waals surface area contributed by atoms with Crippen molar-refractivity contribution >= 4 is 23.5 Å². The van der Waals surface area contributed by atoms with Crippen LogP contribution in [0.5, 0.6) is 0 Å². The summed E-state index contributed by atoms with van der Waals surface area (Å²) >= 11 is 0. The number of ketones is 1. The topological polar surface area (TPSA) is 125 Å². The van der Waals surface area contributed by atoms with Gasteiger partial charge in [-0.05, 0) is 43.4 Å². The predicted molar refractivity (Wildman–Crippen MR) is 112 cm³/mol. The number of imide groups is 1. The molecule has 0 aromatic carbocycles. The van der Waals surface area contributed by atoms with Crippen LogP contribution in [0.4, 0.5) is 13.2 Å². The lowest BCUT2D eigenvalue weighted by molar-refractivity contribution is -0.321. The van der Waals surface area contributed by atoms with E-state index in [0.29, 0.717) is 24.3 Å². The molecule has 2 unspecified atom stereocenters. The highest BCUT2D eigenvalue weighted by molar-refractivity contribution is 6.04. The van der Waals surface area contributed by atoms with Crippen LogP contribution >= 0.6 is 0 Å². The molecule has 192 valence electrons. The summed E-state index contributed by atoms with van der Waals surface area (Å²) in [5, 5.41) is 16.2. The third kappa shape index (κ3) is 6.14. The molecule has 2 aliphatic heterocycles. The second-order valence-electron chi connectivity index (χ2n) is 10.3. The smallest absolute Gasteiger partial charge is 0.383 e. The van der Waals surface area contributed by atoms with E-state index in [1.54, 1.807) is 13.8 Å². The third-order valence-electron chi connectivity index (χ3n) is 6.91. The van der Waals surface area contributed by atoms with Crippen LogP contribution in [0.3, 0.4) is 0 Å². The number of piperidine rings is 1. The Morgan fingerprint density at radius 1 is 1.26 bits per heavy atom. The first-order valence-corrected chi connectivity index (χ1v) is 11.5. The standard InChI is InChI=1S/C22H32F3N3O6/c1-11(2)6-15(29)20(33)28(19(32)13-8-21(3)9-17(21)27-13)14(7-12-4-5-26-18(12)31)16(30)10-34-22(23,24)25/h11-15,17,27,29H,4-10H2,1-3H3,(H,26,31)/t12-,13-,14?,15?,17+,21-/m0/s1. The Bertz CT molecular complexity index is 835. The van der Waals surface area contributed by atoms with Crippen molar-refractivity contribution in [3.05, 3.63) is 0 Å². The average Bonchev–Trinajstić information content (AvgIpc) is 3.02. The average molecular weight is 492 g/mol. The highest BCUT2D eigenvalue weighted by Crippen LogP contribution is 2.54. The van der Waals surface area contributed by atoms with Crippen LogP contribution in [0.15, 0.2) is 0 Å². The third-order valence-corrected chi connectivity index (χ3v) is 6.91. The van der Waals surface area contributed by atoms with Gasteiger partial charge in [0.15, 0.2) is 5.78 Å². The van der Waals surface area contributed by atoms with Crippen LogP contribution in [0.1, 0.15) is 52.9 Å².